The SMILES string of the molecule is Cc1cccc2c1[C@H](C)CC2. The molecule has 0 bridgehead atoms. The lowest BCUT2D eigenvalue weighted by Crippen LogP contribution is -1.89. The van der Waals surface area contributed by atoms with E-state index in [1.807, 2.05) is 0 Å². The first kappa shape index (κ1) is 6.90. The van der Waals surface area contributed by atoms with Gasteiger partial charge in [0.2, 0.25) is 0 Å². The average molecular weight is 146 g/mol. The van der Waals surface area contributed by atoms with Gasteiger partial charge in [0.25, 0.3) is 0 Å². The van der Waals surface area contributed by atoms with Gasteiger partial charge in [0.1, 0.15) is 0 Å². The summed E-state index contributed by atoms with van der Waals surface area (Å²) in [6.07, 6.45) is 2.64. The third-order valence-electron chi connectivity index (χ3n) is 2.75. The van der Waals surface area contributed by atoms with Crippen molar-refractivity contribution in [2.45, 2.75) is 32.6 Å². The zero-order chi connectivity index (χ0) is 7.84. The number of hydrogen-bond donors (Lipinski definition) is 0. The van der Waals surface area contributed by atoms with E-state index in [9.17, 15) is 0 Å². The Morgan fingerprint density at radius 2 is 2.18 bits per heavy atom. The summed E-state index contributed by atoms with van der Waals surface area (Å²) >= 11 is 0. The molecule has 0 heterocycles. The van der Waals surface area contributed by atoms with E-state index in [2.05, 4.69) is 32.0 Å². The van der Waals surface area contributed by atoms with Gasteiger partial charge in [-0.2, -0.15) is 0 Å². The van der Waals surface area contributed by atoms with E-state index in [0.29, 0.717) is 0 Å². The summed E-state index contributed by atoms with van der Waals surface area (Å²) in [5.74, 6) is 0.797. The van der Waals surface area contributed by atoms with Crippen molar-refractivity contribution in [3.8, 4) is 0 Å². The van der Waals surface area contributed by atoms with Crippen LogP contribution in [0.1, 0.15) is 36.0 Å². The molecule has 0 unspecified atom stereocenters. The second kappa shape index (κ2) is 2.37. The summed E-state index contributed by atoms with van der Waals surface area (Å²) in [4.78, 5) is 0. The molecule has 1 aliphatic carbocycles. The third kappa shape index (κ3) is 0.973. The first-order valence-corrected chi connectivity index (χ1v) is 4.37. The van der Waals surface area contributed by atoms with Crippen molar-refractivity contribution < 1.29 is 0 Å². The topological polar surface area (TPSA) is 0 Å². The molecule has 0 radical (unpaired) electrons. The molecule has 11 heavy (non-hydrogen) atoms. The lowest BCUT2D eigenvalue weighted by atomic mass is 9.98. The highest BCUT2D eigenvalue weighted by Gasteiger charge is 2.19. The Balaban J connectivity index is 2.58. The Hall–Kier alpha value is -0.780. The van der Waals surface area contributed by atoms with Crippen LogP contribution in [0.4, 0.5) is 0 Å². The largest absolute Gasteiger partial charge is 0.0617 e. The maximum Gasteiger partial charge on any atom is -0.0182 e. The van der Waals surface area contributed by atoms with Gasteiger partial charge in [0.15, 0.2) is 0 Å². The summed E-state index contributed by atoms with van der Waals surface area (Å²) in [6.45, 7) is 4.56. The number of fused-ring (bicyclic) bond motifs is 1. The highest BCUT2D eigenvalue weighted by atomic mass is 14.2. The second-order valence-corrected chi connectivity index (χ2v) is 3.59. The zero-order valence-corrected chi connectivity index (χ0v) is 7.22. The van der Waals surface area contributed by atoms with Crippen molar-refractivity contribution in [3.05, 3.63) is 34.9 Å². The Morgan fingerprint density at radius 1 is 1.36 bits per heavy atom. The fraction of sp³-hybridized carbons (Fsp3) is 0.455. The minimum Gasteiger partial charge on any atom is -0.0617 e. The molecule has 1 atom stereocenters. The molecular formula is C11H14. The van der Waals surface area contributed by atoms with Gasteiger partial charge in [-0.1, -0.05) is 25.1 Å². The fourth-order valence-electron chi connectivity index (χ4n) is 2.18. The maximum atomic E-state index is 2.33. The van der Waals surface area contributed by atoms with E-state index < -0.39 is 0 Å². The van der Waals surface area contributed by atoms with Crippen LogP contribution in [0.3, 0.4) is 0 Å². The number of hydrogen-bond acceptors (Lipinski definition) is 0. The quantitative estimate of drug-likeness (QED) is 0.527. The van der Waals surface area contributed by atoms with Crippen LogP contribution in [0.25, 0.3) is 0 Å². The van der Waals surface area contributed by atoms with E-state index in [4.69, 9.17) is 0 Å². The van der Waals surface area contributed by atoms with E-state index in [0.717, 1.165) is 5.92 Å². The smallest absolute Gasteiger partial charge is 0.0182 e. The maximum absolute atomic E-state index is 2.33. The average Bonchev–Trinajstić information content (AvgIpc) is 2.34. The zero-order valence-electron chi connectivity index (χ0n) is 7.22. The predicted octanol–water partition coefficient (Wildman–Crippen LogP) is 3.04. The molecule has 0 N–H and O–H groups in total. The van der Waals surface area contributed by atoms with Gasteiger partial charge in [-0.3, -0.25) is 0 Å². The summed E-state index contributed by atoms with van der Waals surface area (Å²) < 4.78 is 0. The number of aryl methyl sites for hydroxylation is 2. The van der Waals surface area contributed by atoms with Gasteiger partial charge in [-0.05, 0) is 42.4 Å². The van der Waals surface area contributed by atoms with Crippen LogP contribution in [0.5, 0.6) is 0 Å². The van der Waals surface area contributed by atoms with Gasteiger partial charge in [0, 0.05) is 0 Å². The lowest BCUT2D eigenvalue weighted by molar-refractivity contribution is 0.744. The molecule has 0 spiro atoms. The highest BCUT2D eigenvalue weighted by Crippen LogP contribution is 2.34. The van der Waals surface area contributed by atoms with Crippen molar-refractivity contribution in [3.63, 3.8) is 0 Å². The molecule has 58 valence electrons. The van der Waals surface area contributed by atoms with Crippen molar-refractivity contribution in [2.75, 3.05) is 0 Å². The summed E-state index contributed by atoms with van der Waals surface area (Å²) in [7, 11) is 0. The molecule has 1 aromatic rings. The van der Waals surface area contributed by atoms with E-state index in [1.165, 1.54) is 18.4 Å². The van der Waals surface area contributed by atoms with Crippen molar-refractivity contribution in [2.24, 2.45) is 0 Å². The van der Waals surface area contributed by atoms with E-state index in [1.54, 1.807) is 11.1 Å². The molecule has 0 amide bonds. The fourth-order valence-corrected chi connectivity index (χ4v) is 2.18. The van der Waals surface area contributed by atoms with Gasteiger partial charge in [0.05, 0.1) is 0 Å². The van der Waals surface area contributed by atoms with Crippen LogP contribution in [-0.2, 0) is 6.42 Å². The molecule has 0 aliphatic heterocycles. The molecule has 0 fully saturated rings. The minimum absolute atomic E-state index is 0.797. The molecule has 0 aromatic heterocycles. The van der Waals surface area contributed by atoms with Crippen LogP contribution < -0.4 is 0 Å². The van der Waals surface area contributed by atoms with Crippen LogP contribution in [-0.4, -0.2) is 0 Å². The van der Waals surface area contributed by atoms with Crippen molar-refractivity contribution >= 4 is 0 Å². The van der Waals surface area contributed by atoms with Gasteiger partial charge in [-0.25, -0.2) is 0 Å². The third-order valence-corrected chi connectivity index (χ3v) is 2.75. The van der Waals surface area contributed by atoms with Gasteiger partial charge < -0.3 is 0 Å². The second-order valence-electron chi connectivity index (χ2n) is 3.59. The van der Waals surface area contributed by atoms with Gasteiger partial charge in [-0.15, -0.1) is 0 Å². The van der Waals surface area contributed by atoms with E-state index in [-0.39, 0.29) is 0 Å². The molecule has 1 aromatic carbocycles. The molecule has 1 aliphatic rings. The molecule has 0 saturated heterocycles. The van der Waals surface area contributed by atoms with Crippen LogP contribution in [0.2, 0.25) is 0 Å². The van der Waals surface area contributed by atoms with Crippen molar-refractivity contribution in [1.29, 1.82) is 0 Å². The molecule has 2 rings (SSSR count). The monoisotopic (exact) mass is 146 g/mol. The highest BCUT2D eigenvalue weighted by molar-refractivity contribution is 5.40. The molecule has 0 heteroatoms. The Labute approximate surface area is 68.3 Å². The Bertz CT molecular complexity index is 273. The molecule has 0 nitrogen and oxygen atoms in total. The minimum atomic E-state index is 0.797. The Morgan fingerprint density at radius 3 is 2.91 bits per heavy atom. The molecular weight excluding hydrogens is 132 g/mol. The van der Waals surface area contributed by atoms with E-state index >= 15 is 0 Å². The van der Waals surface area contributed by atoms with Crippen LogP contribution >= 0.6 is 0 Å². The van der Waals surface area contributed by atoms with Crippen LogP contribution in [0.15, 0.2) is 18.2 Å². The number of rotatable bonds is 0. The molecule has 0 saturated carbocycles. The first-order valence-electron chi connectivity index (χ1n) is 4.37. The standard InChI is InChI=1S/C11H14/c1-8-4-3-5-10-7-6-9(2)11(8)10/h3-5,9H,6-7H2,1-2H3/t9-/m1/s1. The van der Waals surface area contributed by atoms with Crippen molar-refractivity contribution in [1.82, 2.24) is 0 Å². The van der Waals surface area contributed by atoms with Crippen LogP contribution in [0, 0.1) is 6.92 Å². The lowest BCUT2D eigenvalue weighted by Gasteiger charge is -2.07. The summed E-state index contributed by atoms with van der Waals surface area (Å²) in [5, 5.41) is 0. The predicted molar refractivity (Wildman–Crippen MR) is 47.9 cm³/mol. The van der Waals surface area contributed by atoms with Gasteiger partial charge >= 0.3 is 0 Å². The Kier molecular flexibility index (Phi) is 1.49. The normalized spacial score (nSPS) is 21.8. The summed E-state index contributed by atoms with van der Waals surface area (Å²) in [5.41, 5.74) is 4.68. The number of benzene rings is 1. The first-order chi connectivity index (χ1) is 5.29. The summed E-state index contributed by atoms with van der Waals surface area (Å²) in [6, 6.07) is 6.67.